The van der Waals surface area contributed by atoms with Gasteiger partial charge in [-0.25, -0.2) is 0 Å². The number of rotatable bonds is 6. The zero-order chi connectivity index (χ0) is 29.6. The van der Waals surface area contributed by atoms with Crippen LogP contribution in [-0.2, 0) is 14.2 Å². The van der Waals surface area contributed by atoms with Gasteiger partial charge in [0.2, 0.25) is 6.29 Å². The van der Waals surface area contributed by atoms with Crippen LogP contribution in [0.5, 0.6) is 17.2 Å². The number of aliphatic hydroxyl groups is 6. The van der Waals surface area contributed by atoms with Crippen LogP contribution >= 0.6 is 0 Å². The van der Waals surface area contributed by atoms with Gasteiger partial charge >= 0.3 is 0 Å². The highest BCUT2D eigenvalue weighted by atomic mass is 16.8. The summed E-state index contributed by atoms with van der Waals surface area (Å²) in [6.45, 7) is 0.704. The number of aromatic hydroxyl groups is 2. The predicted octanol–water partition coefficient (Wildman–Crippen LogP) is -1.10. The summed E-state index contributed by atoms with van der Waals surface area (Å²) in [7, 11) is 0. The Labute approximate surface area is 231 Å². The Hall–Kier alpha value is -3.31. The van der Waals surface area contributed by atoms with Gasteiger partial charge in [-0.1, -0.05) is 0 Å². The highest BCUT2D eigenvalue weighted by molar-refractivity contribution is 5.86. The fourth-order valence-electron chi connectivity index (χ4n) is 4.79. The second-order valence-corrected chi connectivity index (χ2v) is 9.94. The normalized spacial score (nSPS) is 34.0. The molecule has 3 aromatic rings. The fraction of sp³-hybridized carbons (Fsp3) is 0.444. The van der Waals surface area contributed by atoms with E-state index in [4.69, 9.17) is 23.4 Å². The van der Waals surface area contributed by atoms with Gasteiger partial charge in [0.15, 0.2) is 17.8 Å². The molecule has 0 amide bonds. The molecule has 8 N–H and O–H groups in total. The van der Waals surface area contributed by atoms with Gasteiger partial charge in [0.1, 0.15) is 70.6 Å². The van der Waals surface area contributed by atoms with Crippen LogP contribution in [0.15, 0.2) is 51.7 Å². The zero-order valence-electron chi connectivity index (χ0n) is 21.5. The van der Waals surface area contributed by atoms with Gasteiger partial charge in [0.25, 0.3) is 0 Å². The molecule has 41 heavy (non-hydrogen) atoms. The Morgan fingerprint density at radius 1 is 0.829 bits per heavy atom. The SMILES string of the molecule is C[C@@H]1O[C@H](O[C@H]2[C@@H](Oc3cc(O)c4c(=O)cc(-c5ccc(O)cc5)oc4c3)O[C@H](CO)[C@@H](O)[C@@H]2O)[C@H](O)[C@H](O)[C@H]1O. The van der Waals surface area contributed by atoms with Gasteiger partial charge in [0, 0.05) is 23.8 Å². The van der Waals surface area contributed by atoms with Gasteiger partial charge in [-0.15, -0.1) is 0 Å². The minimum absolute atomic E-state index is 0.00857. The molecule has 222 valence electrons. The third-order valence-electron chi connectivity index (χ3n) is 7.11. The molecule has 0 spiro atoms. The average molecular weight is 579 g/mol. The molecular weight excluding hydrogens is 548 g/mol. The van der Waals surface area contributed by atoms with Crippen molar-refractivity contribution in [1.82, 2.24) is 0 Å². The molecule has 2 saturated heterocycles. The van der Waals surface area contributed by atoms with Crippen molar-refractivity contribution in [2.75, 3.05) is 6.61 Å². The number of phenolic OH excluding ortho intramolecular Hbond substituents is 2. The van der Waals surface area contributed by atoms with Gasteiger partial charge in [0.05, 0.1) is 12.7 Å². The van der Waals surface area contributed by atoms with Gasteiger partial charge in [-0.3, -0.25) is 4.79 Å². The third kappa shape index (κ3) is 5.61. The van der Waals surface area contributed by atoms with E-state index in [1.807, 2.05) is 0 Å². The van der Waals surface area contributed by atoms with Crippen LogP contribution < -0.4 is 10.2 Å². The van der Waals surface area contributed by atoms with Crippen LogP contribution in [0.25, 0.3) is 22.3 Å². The lowest BCUT2D eigenvalue weighted by Gasteiger charge is -2.45. The molecule has 0 radical (unpaired) electrons. The fourth-order valence-corrected chi connectivity index (χ4v) is 4.79. The van der Waals surface area contributed by atoms with Crippen molar-refractivity contribution < 1.29 is 64.2 Å². The van der Waals surface area contributed by atoms with Gasteiger partial charge in [-0.2, -0.15) is 0 Å². The van der Waals surface area contributed by atoms with Crippen LogP contribution in [0.1, 0.15) is 6.92 Å². The minimum Gasteiger partial charge on any atom is -0.508 e. The summed E-state index contributed by atoms with van der Waals surface area (Å²) in [6.07, 6.45) is -15.3. The van der Waals surface area contributed by atoms with E-state index in [9.17, 15) is 45.6 Å². The van der Waals surface area contributed by atoms with Gasteiger partial charge in [-0.05, 0) is 31.2 Å². The molecule has 0 bridgehead atoms. The third-order valence-corrected chi connectivity index (χ3v) is 7.11. The average Bonchev–Trinajstić information content (AvgIpc) is 2.94. The maximum Gasteiger partial charge on any atom is 0.229 e. The molecule has 2 fully saturated rings. The summed E-state index contributed by atoms with van der Waals surface area (Å²) >= 11 is 0. The highest BCUT2D eigenvalue weighted by Gasteiger charge is 2.50. The number of aliphatic hydroxyl groups excluding tert-OH is 6. The zero-order valence-corrected chi connectivity index (χ0v) is 21.5. The number of ether oxygens (including phenoxy) is 4. The summed E-state index contributed by atoms with van der Waals surface area (Å²) in [5.74, 6) is -0.498. The highest BCUT2D eigenvalue weighted by Crippen LogP contribution is 2.35. The molecule has 14 heteroatoms. The number of phenols is 2. The van der Waals surface area contributed by atoms with Crippen LogP contribution in [-0.4, -0.2) is 109 Å². The van der Waals surface area contributed by atoms with E-state index in [1.165, 1.54) is 43.3 Å². The summed E-state index contributed by atoms with van der Waals surface area (Å²) in [6, 6.07) is 9.38. The van der Waals surface area contributed by atoms with Crippen LogP contribution in [0, 0.1) is 0 Å². The molecule has 0 saturated carbocycles. The first-order valence-corrected chi connectivity index (χ1v) is 12.7. The minimum atomic E-state index is -1.76. The van der Waals surface area contributed by atoms with Crippen LogP contribution in [0.2, 0.25) is 0 Å². The smallest absolute Gasteiger partial charge is 0.229 e. The maximum atomic E-state index is 12.8. The molecule has 2 aliphatic heterocycles. The lowest BCUT2D eigenvalue weighted by molar-refractivity contribution is -0.354. The van der Waals surface area contributed by atoms with Crippen LogP contribution in [0.4, 0.5) is 0 Å². The molecule has 10 atom stereocenters. The Bertz CT molecular complexity index is 1420. The molecule has 0 unspecified atom stereocenters. The lowest BCUT2D eigenvalue weighted by atomic mass is 9.97. The number of benzene rings is 2. The first-order valence-electron chi connectivity index (χ1n) is 12.7. The predicted molar refractivity (Wildman–Crippen MR) is 137 cm³/mol. The van der Waals surface area contributed by atoms with E-state index in [0.29, 0.717) is 5.56 Å². The summed E-state index contributed by atoms with van der Waals surface area (Å²) < 4.78 is 28.4. The van der Waals surface area contributed by atoms with E-state index in [1.54, 1.807) is 0 Å². The van der Waals surface area contributed by atoms with E-state index < -0.39 is 79.2 Å². The standard InChI is InChI=1S/C27H30O14/c1-10-20(32)22(34)24(36)26(37-10)41-25-23(35)21(33)18(9-28)40-27(25)38-13-6-14(30)19-15(31)8-16(39-17(19)7-13)11-2-4-12(29)5-3-11/h2-8,10,18,20-30,32-36H,9H2,1H3/t10-,18+,20-,21+,22+,23-,24+,25+,26+,27-/m0/s1. The summed E-state index contributed by atoms with van der Waals surface area (Å²) in [5, 5.41) is 81.4. The second-order valence-electron chi connectivity index (χ2n) is 9.94. The Morgan fingerprint density at radius 2 is 1.54 bits per heavy atom. The Morgan fingerprint density at radius 3 is 2.22 bits per heavy atom. The maximum absolute atomic E-state index is 12.8. The van der Waals surface area contributed by atoms with Crippen molar-refractivity contribution in [1.29, 1.82) is 0 Å². The van der Waals surface area contributed by atoms with Crippen molar-refractivity contribution >= 4 is 11.0 Å². The topological polar surface area (TPSA) is 229 Å². The van der Waals surface area contributed by atoms with Crippen molar-refractivity contribution in [2.24, 2.45) is 0 Å². The van der Waals surface area contributed by atoms with E-state index in [0.717, 1.165) is 6.07 Å². The molecule has 0 aliphatic carbocycles. The van der Waals surface area contributed by atoms with Crippen LogP contribution in [0.3, 0.4) is 0 Å². The van der Waals surface area contributed by atoms with E-state index in [-0.39, 0.29) is 28.2 Å². The molecule has 1 aromatic heterocycles. The second kappa shape index (κ2) is 11.5. The molecule has 3 heterocycles. The van der Waals surface area contributed by atoms with Crippen molar-refractivity contribution in [3.05, 3.63) is 52.7 Å². The molecule has 5 rings (SSSR count). The number of fused-ring (bicyclic) bond motifs is 1. The van der Waals surface area contributed by atoms with Crippen molar-refractivity contribution in [2.45, 2.75) is 68.3 Å². The molecular formula is C27H30O14. The Kier molecular flexibility index (Phi) is 8.20. The summed E-state index contributed by atoms with van der Waals surface area (Å²) in [5.41, 5.74) is -0.182. The summed E-state index contributed by atoms with van der Waals surface area (Å²) in [4.78, 5) is 12.8. The number of hydrogen-bond donors (Lipinski definition) is 8. The molecule has 14 nitrogen and oxygen atoms in total. The van der Waals surface area contributed by atoms with E-state index in [2.05, 4.69) is 0 Å². The van der Waals surface area contributed by atoms with Crippen molar-refractivity contribution in [3.63, 3.8) is 0 Å². The monoisotopic (exact) mass is 578 g/mol. The quantitative estimate of drug-likeness (QED) is 0.174. The number of hydrogen-bond acceptors (Lipinski definition) is 14. The lowest BCUT2D eigenvalue weighted by Crippen LogP contribution is -2.64. The van der Waals surface area contributed by atoms with Crippen molar-refractivity contribution in [3.8, 4) is 28.6 Å². The molecule has 2 aromatic carbocycles. The van der Waals surface area contributed by atoms with E-state index >= 15 is 0 Å². The first kappa shape index (κ1) is 29.2. The molecule has 2 aliphatic rings. The first-order chi connectivity index (χ1) is 19.5. The Balaban J connectivity index is 1.47. The van der Waals surface area contributed by atoms with Gasteiger partial charge < -0.3 is 64.2 Å². The largest absolute Gasteiger partial charge is 0.508 e.